The molecule has 1 aromatic carbocycles. The number of carbonyl (C=O) groups excluding carboxylic acids is 1. The summed E-state index contributed by atoms with van der Waals surface area (Å²) in [4.78, 5) is 33.1. The molecule has 4 rings (SSSR count). The molecule has 0 saturated carbocycles. The van der Waals surface area contributed by atoms with Gasteiger partial charge >= 0.3 is 6.03 Å². The number of urea groups is 1. The van der Waals surface area contributed by atoms with Crippen molar-refractivity contribution in [2.45, 2.75) is 19.5 Å². The Morgan fingerprint density at radius 1 is 1.37 bits per heavy atom. The number of rotatable bonds is 4. The number of ether oxygens (including phenoxy) is 2. The normalized spacial score (nSPS) is 13.6. The molecule has 9 heteroatoms. The molecule has 1 unspecified atom stereocenters. The number of aromatic amines is 1. The largest absolute Gasteiger partial charge is 0.454 e. The van der Waals surface area contributed by atoms with Crippen molar-refractivity contribution in [2.24, 2.45) is 0 Å². The lowest BCUT2D eigenvalue weighted by atomic mass is 10.1. The van der Waals surface area contributed by atoms with Crippen molar-refractivity contribution < 1.29 is 14.3 Å². The van der Waals surface area contributed by atoms with Gasteiger partial charge in [-0.05, 0) is 36.1 Å². The summed E-state index contributed by atoms with van der Waals surface area (Å²) in [6.07, 6.45) is 0. The van der Waals surface area contributed by atoms with Crippen molar-refractivity contribution in [2.75, 3.05) is 13.8 Å². The molecule has 0 aliphatic carbocycles. The summed E-state index contributed by atoms with van der Waals surface area (Å²) < 4.78 is 11.3. The molecular weight excluding hydrogens is 368 g/mol. The Balaban J connectivity index is 1.43. The van der Waals surface area contributed by atoms with Crippen LogP contribution in [0, 0.1) is 0 Å². The highest BCUT2D eigenvalue weighted by atomic mass is 32.1. The van der Waals surface area contributed by atoms with Crippen LogP contribution in [-0.2, 0) is 6.54 Å². The van der Waals surface area contributed by atoms with E-state index in [2.05, 4.69) is 15.3 Å². The van der Waals surface area contributed by atoms with Crippen molar-refractivity contribution in [1.29, 1.82) is 0 Å². The zero-order chi connectivity index (χ0) is 19.0. The Morgan fingerprint density at radius 3 is 3.04 bits per heavy atom. The molecule has 140 valence electrons. The van der Waals surface area contributed by atoms with Crippen LogP contribution in [0.4, 0.5) is 4.79 Å². The van der Waals surface area contributed by atoms with Gasteiger partial charge in [-0.1, -0.05) is 6.07 Å². The molecule has 1 aliphatic rings. The van der Waals surface area contributed by atoms with Gasteiger partial charge in [-0.2, -0.15) is 0 Å². The third-order valence-corrected chi connectivity index (χ3v) is 5.24. The standard InChI is InChI=1S/C18H18N4O4S/c1-10(11-3-4-13-14(7-11)26-9-25-13)19-18(24)22(2)8-15-20-12-5-6-27-16(12)17(23)21-15/h3-7,10H,8-9H2,1-2H3,(H,19,24)(H,20,21,23). The van der Waals surface area contributed by atoms with Crippen molar-refractivity contribution in [1.82, 2.24) is 20.2 Å². The van der Waals surface area contributed by atoms with Gasteiger partial charge in [-0.25, -0.2) is 9.78 Å². The van der Waals surface area contributed by atoms with Crippen molar-refractivity contribution >= 4 is 27.6 Å². The molecule has 2 amide bonds. The Hall–Kier alpha value is -3.07. The fourth-order valence-corrected chi connectivity index (χ4v) is 3.58. The van der Waals surface area contributed by atoms with Gasteiger partial charge in [0.2, 0.25) is 6.79 Å². The monoisotopic (exact) mass is 386 g/mol. The van der Waals surface area contributed by atoms with E-state index in [9.17, 15) is 9.59 Å². The zero-order valence-electron chi connectivity index (χ0n) is 14.8. The fourth-order valence-electron chi connectivity index (χ4n) is 2.85. The van der Waals surface area contributed by atoms with Gasteiger partial charge in [0.1, 0.15) is 10.5 Å². The molecule has 1 atom stereocenters. The minimum Gasteiger partial charge on any atom is -0.454 e. The van der Waals surface area contributed by atoms with Gasteiger partial charge in [0.25, 0.3) is 5.56 Å². The van der Waals surface area contributed by atoms with E-state index < -0.39 is 0 Å². The summed E-state index contributed by atoms with van der Waals surface area (Å²) in [6.45, 7) is 2.30. The maximum atomic E-state index is 12.5. The number of amides is 2. The van der Waals surface area contributed by atoms with Crippen LogP contribution < -0.4 is 20.3 Å². The van der Waals surface area contributed by atoms with Crippen LogP contribution >= 0.6 is 11.3 Å². The van der Waals surface area contributed by atoms with Gasteiger partial charge in [-0.15, -0.1) is 11.3 Å². The van der Waals surface area contributed by atoms with Crippen LogP contribution in [0.2, 0.25) is 0 Å². The number of benzene rings is 1. The van der Waals surface area contributed by atoms with Crippen molar-refractivity contribution in [3.8, 4) is 11.5 Å². The SMILES string of the molecule is CC(NC(=O)N(C)Cc1nc2ccsc2c(=O)[nH]1)c1ccc2c(c1)OCO2. The highest BCUT2D eigenvalue weighted by Crippen LogP contribution is 2.34. The smallest absolute Gasteiger partial charge is 0.318 e. The molecule has 2 aromatic heterocycles. The molecule has 27 heavy (non-hydrogen) atoms. The molecular formula is C18H18N4O4S. The first-order valence-electron chi connectivity index (χ1n) is 8.39. The van der Waals surface area contributed by atoms with E-state index in [1.54, 1.807) is 13.1 Å². The minimum atomic E-state index is -0.270. The summed E-state index contributed by atoms with van der Waals surface area (Å²) in [6, 6.07) is 6.88. The number of fused-ring (bicyclic) bond motifs is 2. The van der Waals surface area contributed by atoms with Crippen LogP contribution in [0.25, 0.3) is 10.2 Å². The highest BCUT2D eigenvalue weighted by Gasteiger charge is 2.19. The third-order valence-electron chi connectivity index (χ3n) is 4.33. The summed E-state index contributed by atoms with van der Waals surface area (Å²) in [5, 5.41) is 4.75. The number of H-pyrrole nitrogens is 1. The predicted molar refractivity (Wildman–Crippen MR) is 101 cm³/mol. The van der Waals surface area contributed by atoms with Crippen LogP contribution in [0.3, 0.4) is 0 Å². The van der Waals surface area contributed by atoms with Gasteiger partial charge in [0, 0.05) is 7.05 Å². The topological polar surface area (TPSA) is 96.6 Å². The maximum absolute atomic E-state index is 12.5. The number of nitrogens with one attached hydrogen (secondary N) is 2. The maximum Gasteiger partial charge on any atom is 0.318 e. The van der Waals surface area contributed by atoms with E-state index in [1.807, 2.05) is 30.5 Å². The number of nitrogens with zero attached hydrogens (tertiary/aromatic N) is 2. The second-order valence-electron chi connectivity index (χ2n) is 6.29. The first kappa shape index (κ1) is 17.3. The molecule has 3 heterocycles. The Bertz CT molecular complexity index is 1060. The van der Waals surface area contributed by atoms with Crippen LogP contribution in [0.5, 0.6) is 11.5 Å². The molecule has 3 aromatic rings. The van der Waals surface area contributed by atoms with Crippen molar-refractivity contribution in [3.05, 3.63) is 51.4 Å². The molecule has 1 aliphatic heterocycles. The number of aromatic nitrogens is 2. The molecule has 0 spiro atoms. The molecule has 0 saturated heterocycles. The molecule has 8 nitrogen and oxygen atoms in total. The quantitative estimate of drug-likeness (QED) is 0.718. The Labute approximate surface area is 158 Å². The average molecular weight is 386 g/mol. The lowest BCUT2D eigenvalue weighted by Crippen LogP contribution is -2.38. The average Bonchev–Trinajstić information content (AvgIpc) is 3.29. The zero-order valence-corrected chi connectivity index (χ0v) is 15.6. The molecule has 0 bridgehead atoms. The highest BCUT2D eigenvalue weighted by molar-refractivity contribution is 7.17. The fraction of sp³-hybridized carbons (Fsp3) is 0.278. The van der Waals surface area contributed by atoms with E-state index in [4.69, 9.17) is 9.47 Å². The summed E-state index contributed by atoms with van der Waals surface area (Å²) in [5.41, 5.74) is 1.36. The van der Waals surface area contributed by atoms with Crippen LogP contribution in [0.1, 0.15) is 24.4 Å². The van der Waals surface area contributed by atoms with Crippen LogP contribution in [0.15, 0.2) is 34.4 Å². The van der Waals surface area contributed by atoms with E-state index in [0.717, 1.165) is 5.56 Å². The predicted octanol–water partition coefficient (Wildman–Crippen LogP) is 2.62. The van der Waals surface area contributed by atoms with Gasteiger partial charge in [0.15, 0.2) is 11.5 Å². The minimum absolute atomic E-state index is 0.187. The van der Waals surface area contributed by atoms with E-state index in [0.29, 0.717) is 27.5 Å². The molecule has 2 N–H and O–H groups in total. The number of thiophene rings is 1. The third kappa shape index (κ3) is 3.45. The summed E-state index contributed by atoms with van der Waals surface area (Å²) in [7, 11) is 1.65. The second-order valence-corrected chi connectivity index (χ2v) is 7.20. The van der Waals surface area contributed by atoms with Gasteiger partial charge in [-0.3, -0.25) is 4.79 Å². The van der Waals surface area contributed by atoms with E-state index in [-0.39, 0.29) is 31.0 Å². The molecule has 0 radical (unpaired) electrons. The lowest BCUT2D eigenvalue weighted by molar-refractivity contribution is 0.174. The van der Waals surface area contributed by atoms with Gasteiger partial charge in [0.05, 0.1) is 18.1 Å². The summed E-state index contributed by atoms with van der Waals surface area (Å²) in [5.74, 6) is 1.82. The lowest BCUT2D eigenvalue weighted by Gasteiger charge is -2.21. The first-order valence-corrected chi connectivity index (χ1v) is 9.27. The van der Waals surface area contributed by atoms with Crippen LogP contribution in [-0.4, -0.2) is 34.7 Å². The Morgan fingerprint density at radius 2 is 2.19 bits per heavy atom. The summed E-state index contributed by atoms with van der Waals surface area (Å²) >= 11 is 1.34. The van der Waals surface area contributed by atoms with Gasteiger partial charge < -0.3 is 24.7 Å². The number of carbonyl (C=O) groups is 1. The molecule has 0 fully saturated rings. The first-order chi connectivity index (χ1) is 13.0. The Kier molecular flexibility index (Phi) is 4.44. The number of hydrogen-bond donors (Lipinski definition) is 2. The number of hydrogen-bond acceptors (Lipinski definition) is 6. The van der Waals surface area contributed by atoms with E-state index in [1.165, 1.54) is 16.2 Å². The van der Waals surface area contributed by atoms with Crippen molar-refractivity contribution in [3.63, 3.8) is 0 Å². The van der Waals surface area contributed by atoms with E-state index >= 15 is 0 Å². The second kappa shape index (κ2) is 6.92.